The Kier molecular flexibility index (Phi) is 3.78. The van der Waals surface area contributed by atoms with Crippen molar-refractivity contribution in [1.29, 1.82) is 5.26 Å². The van der Waals surface area contributed by atoms with Crippen LogP contribution in [-0.4, -0.2) is 37.0 Å². The fourth-order valence-electron chi connectivity index (χ4n) is 4.54. The van der Waals surface area contributed by atoms with E-state index in [0.717, 1.165) is 29.4 Å². The number of rotatable bonds is 4. The van der Waals surface area contributed by atoms with Crippen LogP contribution < -0.4 is 4.90 Å². The Morgan fingerprint density at radius 1 is 1.31 bits per heavy atom. The molecule has 0 bridgehead atoms. The van der Waals surface area contributed by atoms with E-state index in [0.29, 0.717) is 12.4 Å². The molecule has 3 aromatic heterocycles. The molecule has 1 amide bonds. The van der Waals surface area contributed by atoms with Crippen LogP contribution in [0.25, 0.3) is 16.6 Å². The molecular weight excluding hydrogens is 366 g/mol. The van der Waals surface area contributed by atoms with Crippen molar-refractivity contribution in [2.75, 3.05) is 11.4 Å². The van der Waals surface area contributed by atoms with Crippen LogP contribution in [0.4, 0.5) is 5.82 Å². The summed E-state index contributed by atoms with van der Waals surface area (Å²) in [5.74, 6) is 0.614. The van der Waals surface area contributed by atoms with Crippen LogP contribution in [0.2, 0.25) is 0 Å². The van der Waals surface area contributed by atoms with Gasteiger partial charge in [-0.3, -0.25) is 19.4 Å². The Bertz CT molecular complexity index is 1150. The summed E-state index contributed by atoms with van der Waals surface area (Å²) in [4.78, 5) is 19.4. The lowest BCUT2D eigenvalue weighted by atomic mass is 9.75. The monoisotopic (exact) mass is 389 g/mol. The summed E-state index contributed by atoms with van der Waals surface area (Å²) in [6.07, 6.45) is 9.06. The van der Waals surface area contributed by atoms with E-state index in [1.54, 1.807) is 28.2 Å². The number of hydrogen-bond acceptors (Lipinski definition) is 5. The van der Waals surface area contributed by atoms with Crippen molar-refractivity contribution in [2.24, 2.45) is 17.3 Å². The molecule has 1 aliphatic carbocycles. The lowest BCUT2D eigenvalue weighted by Gasteiger charge is -2.22. The lowest BCUT2D eigenvalue weighted by molar-refractivity contribution is -0.124. The van der Waals surface area contributed by atoms with Gasteiger partial charge in [0.15, 0.2) is 5.82 Å². The third kappa shape index (κ3) is 2.43. The second kappa shape index (κ2) is 6.14. The molecule has 0 N–H and O–H groups in total. The second-order valence-corrected chi connectivity index (χ2v) is 8.47. The lowest BCUT2D eigenvalue weighted by Crippen LogP contribution is -2.37. The molecular formula is C21H23N7O. The first kappa shape index (κ1) is 17.9. The van der Waals surface area contributed by atoms with E-state index in [1.807, 2.05) is 23.9 Å². The number of nitriles is 1. The van der Waals surface area contributed by atoms with Crippen molar-refractivity contribution >= 4 is 22.6 Å². The molecule has 0 radical (unpaired) electrons. The van der Waals surface area contributed by atoms with Gasteiger partial charge in [0.25, 0.3) is 0 Å². The van der Waals surface area contributed by atoms with Gasteiger partial charge in [0.1, 0.15) is 11.1 Å². The van der Waals surface area contributed by atoms with Crippen LogP contribution in [0.15, 0.2) is 30.9 Å². The zero-order valence-electron chi connectivity index (χ0n) is 16.8. The fraction of sp³-hybridized carbons (Fsp3) is 0.476. The van der Waals surface area contributed by atoms with Crippen LogP contribution in [0.1, 0.15) is 39.7 Å². The number of amides is 1. The van der Waals surface area contributed by atoms with E-state index < -0.39 is 5.41 Å². The summed E-state index contributed by atoms with van der Waals surface area (Å²) in [5, 5.41) is 20.0. The van der Waals surface area contributed by atoms with Crippen molar-refractivity contribution in [3.63, 3.8) is 0 Å². The standard InChI is InChI=1S/C21H23N7O/c1-13(2)27-11-16(8-24-27)28-18-9-23-7-6-17(18)19(25-28)26-10-14(3)21(12-22,20(26)29)15-4-5-15/h6-9,11,13-15H,4-5,10H2,1-3H3/t14-,21+/m1/s1. The minimum absolute atomic E-state index is 0.0294. The van der Waals surface area contributed by atoms with Crippen molar-refractivity contribution in [1.82, 2.24) is 24.5 Å². The summed E-state index contributed by atoms with van der Waals surface area (Å²) in [7, 11) is 0. The van der Waals surface area contributed by atoms with Crippen LogP contribution in [0.3, 0.4) is 0 Å². The van der Waals surface area contributed by atoms with Crippen molar-refractivity contribution < 1.29 is 4.79 Å². The molecule has 2 fully saturated rings. The highest BCUT2D eigenvalue weighted by Crippen LogP contribution is 2.54. The number of fused-ring (bicyclic) bond motifs is 1. The minimum Gasteiger partial charge on any atom is -0.293 e. The maximum atomic E-state index is 13.5. The van der Waals surface area contributed by atoms with Gasteiger partial charge >= 0.3 is 0 Å². The summed E-state index contributed by atoms with van der Waals surface area (Å²) in [6.45, 7) is 6.64. The Balaban J connectivity index is 1.63. The molecule has 8 nitrogen and oxygen atoms in total. The highest BCUT2D eigenvalue weighted by molar-refractivity contribution is 6.07. The van der Waals surface area contributed by atoms with Gasteiger partial charge in [-0.05, 0) is 38.7 Å². The van der Waals surface area contributed by atoms with E-state index in [2.05, 4.69) is 30.0 Å². The van der Waals surface area contributed by atoms with E-state index in [9.17, 15) is 10.1 Å². The molecule has 1 saturated heterocycles. The smallest absolute Gasteiger partial charge is 0.249 e. The predicted octanol–water partition coefficient (Wildman–Crippen LogP) is 3.10. The fourth-order valence-corrected chi connectivity index (χ4v) is 4.54. The van der Waals surface area contributed by atoms with Gasteiger partial charge in [0, 0.05) is 30.1 Å². The van der Waals surface area contributed by atoms with Crippen molar-refractivity contribution in [2.45, 2.75) is 39.7 Å². The zero-order valence-corrected chi connectivity index (χ0v) is 16.8. The van der Waals surface area contributed by atoms with Crippen molar-refractivity contribution in [3.8, 4) is 11.8 Å². The minimum atomic E-state index is -0.925. The van der Waals surface area contributed by atoms with Gasteiger partial charge in [-0.25, -0.2) is 4.68 Å². The molecule has 0 aromatic carbocycles. The van der Waals surface area contributed by atoms with E-state index in [1.165, 1.54) is 0 Å². The molecule has 1 aliphatic heterocycles. The molecule has 29 heavy (non-hydrogen) atoms. The number of nitrogens with zero attached hydrogens (tertiary/aromatic N) is 7. The first-order valence-electron chi connectivity index (χ1n) is 10.1. The van der Waals surface area contributed by atoms with Gasteiger partial charge in [-0.15, -0.1) is 5.10 Å². The van der Waals surface area contributed by atoms with Gasteiger partial charge in [-0.1, -0.05) is 6.92 Å². The van der Waals surface area contributed by atoms with Crippen molar-refractivity contribution in [3.05, 3.63) is 30.9 Å². The number of carbonyl (C=O) groups is 1. The largest absolute Gasteiger partial charge is 0.293 e. The molecule has 3 aromatic rings. The zero-order chi connectivity index (χ0) is 20.3. The Morgan fingerprint density at radius 3 is 2.76 bits per heavy atom. The van der Waals surface area contributed by atoms with Gasteiger partial charge < -0.3 is 0 Å². The van der Waals surface area contributed by atoms with Crippen LogP contribution in [0.5, 0.6) is 0 Å². The average Bonchev–Trinajstić information content (AvgIpc) is 3.22. The summed E-state index contributed by atoms with van der Waals surface area (Å²) >= 11 is 0. The summed E-state index contributed by atoms with van der Waals surface area (Å²) in [5.41, 5.74) is 0.703. The first-order valence-corrected chi connectivity index (χ1v) is 10.1. The van der Waals surface area contributed by atoms with Crippen LogP contribution in [0, 0.1) is 28.6 Å². The second-order valence-electron chi connectivity index (χ2n) is 8.47. The maximum absolute atomic E-state index is 13.5. The molecule has 1 saturated carbocycles. The Hall–Kier alpha value is -3.21. The topological polar surface area (TPSA) is 92.6 Å². The molecule has 0 unspecified atom stereocenters. The molecule has 4 heterocycles. The molecule has 2 aliphatic rings. The van der Waals surface area contributed by atoms with Crippen LogP contribution >= 0.6 is 0 Å². The predicted molar refractivity (Wildman–Crippen MR) is 107 cm³/mol. The van der Waals surface area contributed by atoms with Crippen LogP contribution in [-0.2, 0) is 4.79 Å². The number of hydrogen-bond donors (Lipinski definition) is 0. The number of pyridine rings is 1. The number of aromatic nitrogens is 5. The van der Waals surface area contributed by atoms with E-state index in [-0.39, 0.29) is 23.8 Å². The molecule has 0 spiro atoms. The Morgan fingerprint density at radius 2 is 2.10 bits per heavy atom. The van der Waals surface area contributed by atoms with E-state index in [4.69, 9.17) is 5.10 Å². The number of carbonyl (C=O) groups excluding carboxylic acids is 1. The van der Waals surface area contributed by atoms with Gasteiger partial charge in [0.05, 0.1) is 30.2 Å². The number of anilines is 1. The normalized spacial score (nSPS) is 24.6. The highest BCUT2D eigenvalue weighted by atomic mass is 16.2. The quantitative estimate of drug-likeness (QED) is 0.684. The summed E-state index contributed by atoms with van der Waals surface area (Å²) in [6, 6.07) is 4.50. The Labute approximate surface area is 168 Å². The third-order valence-electron chi connectivity index (χ3n) is 6.32. The molecule has 148 valence electrons. The van der Waals surface area contributed by atoms with Gasteiger partial charge in [-0.2, -0.15) is 10.4 Å². The average molecular weight is 389 g/mol. The van der Waals surface area contributed by atoms with Gasteiger partial charge in [0.2, 0.25) is 5.91 Å². The molecule has 8 heteroatoms. The third-order valence-corrected chi connectivity index (χ3v) is 6.32. The first-order chi connectivity index (χ1) is 14.0. The van der Waals surface area contributed by atoms with E-state index >= 15 is 0 Å². The maximum Gasteiger partial charge on any atom is 0.249 e. The highest BCUT2D eigenvalue weighted by Gasteiger charge is 2.61. The molecule has 5 rings (SSSR count). The SMILES string of the molecule is CC(C)n1cc(-n2nc(N3C[C@@H](C)[C@@](C#N)(C4CC4)C3=O)c3ccncc32)cn1. The molecule has 2 atom stereocenters. The summed E-state index contributed by atoms with van der Waals surface area (Å²) < 4.78 is 3.65.